The van der Waals surface area contributed by atoms with Gasteiger partial charge in [-0.1, -0.05) is 55.2 Å². The number of anilines is 1. The number of hydrogen-bond acceptors (Lipinski definition) is 5. The second-order valence-electron chi connectivity index (χ2n) is 13.8. The Bertz CT molecular complexity index is 1410. The molecule has 5 atom stereocenters. The van der Waals surface area contributed by atoms with Crippen molar-refractivity contribution in [2.45, 2.75) is 82.3 Å². The average molecular weight is 619 g/mol. The molecule has 0 bridgehead atoms. The minimum atomic E-state index is -1.59. The maximum Gasteiger partial charge on any atom is 0.236 e. The molecule has 2 aliphatic heterocycles. The minimum Gasteiger partial charge on any atom is -0.391 e. The van der Waals surface area contributed by atoms with Gasteiger partial charge in [0, 0.05) is 35.4 Å². The van der Waals surface area contributed by atoms with Crippen molar-refractivity contribution in [3.63, 3.8) is 0 Å². The molecule has 1 saturated heterocycles. The van der Waals surface area contributed by atoms with Crippen molar-refractivity contribution < 1.29 is 28.9 Å². The number of rotatable bonds is 5. The molecule has 4 aliphatic rings. The maximum atomic E-state index is 16.1. The minimum absolute atomic E-state index is 0.0429. The van der Waals surface area contributed by atoms with Crippen LogP contribution in [-0.2, 0) is 19.7 Å². The van der Waals surface area contributed by atoms with Gasteiger partial charge in [-0.25, -0.2) is 4.39 Å². The lowest BCUT2D eigenvalue weighted by molar-refractivity contribution is -0.253. The van der Waals surface area contributed by atoms with Crippen LogP contribution in [0.5, 0.6) is 0 Å². The summed E-state index contributed by atoms with van der Waals surface area (Å²) < 4.78 is 21.6. The number of ketones is 1. The number of carbonyl (C=O) groups is 2. The molecule has 1 amide bonds. The van der Waals surface area contributed by atoms with Crippen molar-refractivity contribution in [1.82, 2.24) is 0 Å². The zero-order chi connectivity index (χ0) is 30.1. The normalized spacial score (nSPS) is 33.1. The highest BCUT2D eigenvalue weighted by atomic mass is 35.5. The average Bonchev–Trinajstić information content (AvgIpc) is 3.41. The summed E-state index contributed by atoms with van der Waals surface area (Å²) in [4.78, 5) is 29.0. The van der Waals surface area contributed by atoms with Crippen LogP contribution in [0.15, 0.2) is 36.4 Å². The Hall–Kier alpha value is -2.03. The van der Waals surface area contributed by atoms with Crippen molar-refractivity contribution >= 4 is 40.6 Å². The van der Waals surface area contributed by atoms with Gasteiger partial charge in [0.15, 0.2) is 5.79 Å². The van der Waals surface area contributed by atoms with Gasteiger partial charge in [0.25, 0.3) is 0 Å². The molecular weight excluding hydrogens is 580 g/mol. The van der Waals surface area contributed by atoms with Gasteiger partial charge < -0.3 is 20.3 Å². The number of aliphatic hydroxyl groups is 2. The standard InChI is InChI=1S/C33H38Cl2FNO5/c1-30(2)10-12-31(13-11-30)16-22(26(39)14-19-8-9-32(41,18-38)42-17-19)27(21-4-3-5-24(35)28(21)36)33(31)23-7-6-20(34)15-25(23)37-29(33)40/h3-7,15,19,22,27,38,41H,8-14,16-18H2,1-2H3,(H,37,40)/t19-,22-,27-,32-,33+/m0/s1. The maximum absolute atomic E-state index is 16.1. The first-order valence-corrected chi connectivity index (χ1v) is 15.7. The molecule has 3 N–H and O–H groups in total. The number of nitrogens with one attached hydrogen (secondary N) is 1. The van der Waals surface area contributed by atoms with E-state index >= 15 is 4.39 Å². The van der Waals surface area contributed by atoms with Crippen LogP contribution >= 0.6 is 23.2 Å². The highest BCUT2D eigenvalue weighted by Crippen LogP contribution is 2.72. The molecule has 2 aromatic rings. The monoisotopic (exact) mass is 617 g/mol. The summed E-state index contributed by atoms with van der Waals surface area (Å²) in [5, 5.41) is 23.3. The molecule has 0 unspecified atom stereocenters. The van der Waals surface area contributed by atoms with Crippen molar-refractivity contribution in [2.24, 2.45) is 22.7 Å². The van der Waals surface area contributed by atoms with Crippen molar-refractivity contribution in [2.75, 3.05) is 18.5 Å². The van der Waals surface area contributed by atoms with Crippen LogP contribution in [0.25, 0.3) is 0 Å². The van der Waals surface area contributed by atoms with E-state index in [-0.39, 0.29) is 53.1 Å². The molecule has 2 heterocycles. The zero-order valence-electron chi connectivity index (χ0n) is 24.0. The first-order valence-electron chi connectivity index (χ1n) is 14.9. The predicted molar refractivity (Wildman–Crippen MR) is 159 cm³/mol. The quantitative estimate of drug-likeness (QED) is 0.344. The number of Topliss-reactive ketones (excluding diaryl/α,β-unsaturated/α-hetero) is 1. The fourth-order valence-corrected chi connectivity index (χ4v) is 8.92. The van der Waals surface area contributed by atoms with E-state index in [4.69, 9.17) is 27.9 Å². The Morgan fingerprint density at radius 1 is 1.12 bits per heavy atom. The zero-order valence-corrected chi connectivity index (χ0v) is 25.5. The summed E-state index contributed by atoms with van der Waals surface area (Å²) in [6, 6.07) is 10.2. The third-order valence-corrected chi connectivity index (χ3v) is 11.4. The molecule has 0 radical (unpaired) electrons. The number of halogens is 3. The number of ether oxygens (including phenoxy) is 1. The molecule has 42 heavy (non-hydrogen) atoms. The van der Waals surface area contributed by atoms with Gasteiger partial charge in [-0.2, -0.15) is 0 Å². The fraction of sp³-hybridized carbons (Fsp3) is 0.576. The number of amides is 1. The van der Waals surface area contributed by atoms with Gasteiger partial charge in [0.2, 0.25) is 5.91 Å². The summed E-state index contributed by atoms with van der Waals surface area (Å²) in [6.45, 7) is 4.10. The van der Waals surface area contributed by atoms with Crippen LogP contribution in [-0.4, -0.2) is 40.9 Å². The Balaban J connectivity index is 1.50. The van der Waals surface area contributed by atoms with Crippen molar-refractivity contribution in [3.8, 4) is 0 Å². The Kier molecular flexibility index (Phi) is 7.54. The summed E-state index contributed by atoms with van der Waals surface area (Å²) in [7, 11) is 0. The molecule has 6 nitrogen and oxygen atoms in total. The molecule has 2 spiro atoms. The molecule has 6 rings (SSSR count). The van der Waals surface area contributed by atoms with Gasteiger partial charge in [-0.3, -0.25) is 9.59 Å². The third kappa shape index (κ3) is 4.62. The highest BCUT2D eigenvalue weighted by molar-refractivity contribution is 6.31. The van der Waals surface area contributed by atoms with Gasteiger partial charge >= 0.3 is 0 Å². The van der Waals surface area contributed by atoms with Crippen LogP contribution in [0.1, 0.15) is 82.3 Å². The van der Waals surface area contributed by atoms with E-state index in [9.17, 15) is 19.8 Å². The van der Waals surface area contributed by atoms with E-state index in [0.29, 0.717) is 23.6 Å². The summed E-state index contributed by atoms with van der Waals surface area (Å²) in [6.07, 6.45) is 4.59. The van der Waals surface area contributed by atoms with E-state index < -0.39 is 40.9 Å². The van der Waals surface area contributed by atoms with Gasteiger partial charge in [0.05, 0.1) is 23.7 Å². The third-order valence-electron chi connectivity index (χ3n) is 10.9. The first kappa shape index (κ1) is 30.0. The molecule has 2 aliphatic carbocycles. The lowest BCUT2D eigenvalue weighted by Gasteiger charge is -2.51. The van der Waals surface area contributed by atoms with E-state index in [1.165, 1.54) is 6.07 Å². The number of carbonyl (C=O) groups excluding carboxylic acids is 2. The Morgan fingerprint density at radius 2 is 1.86 bits per heavy atom. The molecular formula is C33H38Cl2FNO5. The van der Waals surface area contributed by atoms with Crippen LogP contribution in [0.4, 0.5) is 10.1 Å². The van der Waals surface area contributed by atoms with Crippen LogP contribution in [0.3, 0.4) is 0 Å². The van der Waals surface area contributed by atoms with Crippen molar-refractivity contribution in [3.05, 3.63) is 63.4 Å². The van der Waals surface area contributed by atoms with Crippen LogP contribution < -0.4 is 5.32 Å². The molecule has 2 aromatic carbocycles. The second-order valence-corrected chi connectivity index (χ2v) is 14.7. The highest BCUT2D eigenvalue weighted by Gasteiger charge is 2.72. The number of fused-ring (bicyclic) bond motifs is 3. The molecule has 3 fully saturated rings. The predicted octanol–water partition coefficient (Wildman–Crippen LogP) is 6.78. The summed E-state index contributed by atoms with van der Waals surface area (Å²) in [5.41, 5.74) is -0.00520. The largest absolute Gasteiger partial charge is 0.391 e. The Morgan fingerprint density at radius 3 is 2.52 bits per heavy atom. The van der Waals surface area contributed by atoms with Crippen LogP contribution in [0, 0.1) is 28.5 Å². The fourth-order valence-electron chi connectivity index (χ4n) is 8.57. The lowest BCUT2D eigenvalue weighted by atomic mass is 9.51. The number of benzene rings is 2. The summed E-state index contributed by atoms with van der Waals surface area (Å²) in [5.74, 6) is -4.01. The van der Waals surface area contributed by atoms with Crippen molar-refractivity contribution in [1.29, 1.82) is 0 Å². The molecule has 0 aromatic heterocycles. The van der Waals surface area contributed by atoms with E-state index in [1.54, 1.807) is 24.3 Å². The molecule has 226 valence electrons. The van der Waals surface area contributed by atoms with Gasteiger partial charge in [-0.15, -0.1) is 0 Å². The topological polar surface area (TPSA) is 95.9 Å². The van der Waals surface area contributed by atoms with E-state index in [0.717, 1.165) is 31.2 Å². The lowest BCUT2D eigenvalue weighted by Crippen LogP contribution is -2.52. The number of hydrogen-bond donors (Lipinski definition) is 3. The smallest absolute Gasteiger partial charge is 0.236 e. The van der Waals surface area contributed by atoms with Gasteiger partial charge in [-0.05, 0) is 84.6 Å². The van der Waals surface area contributed by atoms with E-state index in [2.05, 4.69) is 19.2 Å². The van der Waals surface area contributed by atoms with Crippen LogP contribution in [0.2, 0.25) is 10.0 Å². The second kappa shape index (κ2) is 10.6. The molecule has 9 heteroatoms. The van der Waals surface area contributed by atoms with E-state index in [1.807, 2.05) is 6.07 Å². The first-order chi connectivity index (χ1) is 19.8. The SMILES string of the molecule is CC1(C)CCC2(CC1)C[C@@H](C(=O)C[C@@H]1CC[C@@](O)(CO)OC1)[C@H](c1cccc(Cl)c1F)[C@]21C(=O)Nc2cc(Cl)ccc21. The summed E-state index contributed by atoms with van der Waals surface area (Å²) >= 11 is 12.7. The Labute approximate surface area is 255 Å². The number of aliphatic hydroxyl groups excluding tert-OH is 1. The molecule has 2 saturated carbocycles. The van der Waals surface area contributed by atoms with Gasteiger partial charge in [0.1, 0.15) is 11.6 Å².